The Bertz CT molecular complexity index is 914. The Morgan fingerprint density at radius 1 is 0.963 bits per heavy atom. The molecule has 0 atom stereocenters. The normalized spacial score (nSPS) is 14.8. The second-order valence-electron chi connectivity index (χ2n) is 5.52. The number of halogens is 2. The van der Waals surface area contributed by atoms with Gasteiger partial charge in [0.2, 0.25) is 5.75 Å². The van der Waals surface area contributed by atoms with E-state index in [-0.39, 0.29) is 22.8 Å². The van der Waals surface area contributed by atoms with Gasteiger partial charge in [-0.3, -0.25) is 14.9 Å². The van der Waals surface area contributed by atoms with Crippen molar-refractivity contribution < 1.29 is 32.6 Å². The third-order valence-electron chi connectivity index (χ3n) is 3.93. The van der Waals surface area contributed by atoms with Gasteiger partial charge in [0.1, 0.15) is 0 Å². The van der Waals surface area contributed by atoms with Crippen LogP contribution in [0.4, 0.5) is 8.78 Å². The molecule has 0 aromatic heterocycles. The third-order valence-corrected chi connectivity index (χ3v) is 3.93. The Morgan fingerprint density at radius 2 is 1.56 bits per heavy atom. The van der Waals surface area contributed by atoms with Crippen LogP contribution in [-0.4, -0.2) is 32.6 Å². The van der Waals surface area contributed by atoms with E-state index >= 15 is 0 Å². The van der Waals surface area contributed by atoms with Crippen LogP contribution < -0.4 is 19.5 Å². The second-order valence-corrected chi connectivity index (χ2v) is 5.52. The third kappa shape index (κ3) is 3.59. The molecule has 2 aromatic carbocycles. The van der Waals surface area contributed by atoms with Crippen LogP contribution >= 0.6 is 0 Å². The lowest BCUT2D eigenvalue weighted by Crippen LogP contribution is -2.36. The van der Waals surface area contributed by atoms with Crippen molar-refractivity contribution >= 4 is 23.5 Å². The number of carbonyl (C=O) groups excluding carboxylic acids is 2. The average Bonchev–Trinajstić information content (AvgIpc) is 2.65. The number of hydrogen-bond donors (Lipinski definition) is 1. The van der Waals surface area contributed by atoms with Crippen molar-refractivity contribution in [3.8, 4) is 17.2 Å². The number of nitrogens with one attached hydrogen (secondary N) is 1. The molecule has 1 N–H and O–H groups in total. The molecule has 1 aliphatic rings. The van der Waals surface area contributed by atoms with Crippen molar-refractivity contribution in [2.24, 2.45) is 0 Å². The number of methoxy groups -OCH3 is 2. The fourth-order valence-electron chi connectivity index (χ4n) is 2.77. The number of hydrogen-bond acceptors (Lipinski definition) is 5. The molecule has 0 aliphatic carbocycles. The quantitative estimate of drug-likeness (QED) is 0.642. The summed E-state index contributed by atoms with van der Waals surface area (Å²) in [5.41, 5.74) is 1.52. The molecule has 2 amide bonds. The first-order chi connectivity index (χ1) is 12.9. The number of rotatable bonds is 5. The van der Waals surface area contributed by atoms with Gasteiger partial charge in [-0.05, 0) is 35.4 Å². The molecule has 27 heavy (non-hydrogen) atoms. The summed E-state index contributed by atoms with van der Waals surface area (Å²) < 4.78 is 40.0. The molecule has 140 valence electrons. The van der Waals surface area contributed by atoms with Crippen LogP contribution in [0.3, 0.4) is 0 Å². The number of ether oxygens (including phenoxy) is 3. The zero-order valence-corrected chi connectivity index (χ0v) is 14.4. The Balaban J connectivity index is 2.13. The van der Waals surface area contributed by atoms with Crippen molar-refractivity contribution in [3.63, 3.8) is 0 Å². The van der Waals surface area contributed by atoms with E-state index in [1.807, 2.05) is 0 Å². The van der Waals surface area contributed by atoms with Gasteiger partial charge in [0, 0.05) is 11.1 Å². The van der Waals surface area contributed by atoms with Crippen LogP contribution in [-0.2, 0) is 4.79 Å². The molecule has 1 aliphatic heterocycles. The van der Waals surface area contributed by atoms with E-state index in [9.17, 15) is 18.4 Å². The topological polar surface area (TPSA) is 73.9 Å². The summed E-state index contributed by atoms with van der Waals surface area (Å²) in [7, 11) is 2.59. The Morgan fingerprint density at radius 3 is 2.11 bits per heavy atom. The minimum atomic E-state index is -3.06. The van der Waals surface area contributed by atoms with Crippen LogP contribution in [0.15, 0.2) is 36.4 Å². The maximum Gasteiger partial charge on any atom is 0.387 e. The van der Waals surface area contributed by atoms with Gasteiger partial charge in [-0.1, -0.05) is 18.2 Å². The molecule has 1 heterocycles. The molecule has 0 bridgehead atoms. The summed E-state index contributed by atoms with van der Waals surface area (Å²) in [6.45, 7) is -3.06. The highest BCUT2D eigenvalue weighted by Gasteiger charge is 2.27. The monoisotopic (exact) mass is 375 g/mol. The van der Waals surface area contributed by atoms with Gasteiger partial charge in [-0.25, -0.2) is 0 Å². The number of alkyl halides is 2. The molecule has 2 aromatic rings. The van der Waals surface area contributed by atoms with E-state index in [0.29, 0.717) is 16.7 Å². The van der Waals surface area contributed by atoms with E-state index in [1.165, 1.54) is 32.4 Å². The Hall–Kier alpha value is -3.42. The van der Waals surface area contributed by atoms with Gasteiger partial charge in [-0.15, -0.1) is 0 Å². The summed E-state index contributed by atoms with van der Waals surface area (Å²) in [6.07, 6.45) is 1.51. The zero-order valence-electron chi connectivity index (χ0n) is 14.4. The van der Waals surface area contributed by atoms with E-state index in [1.54, 1.807) is 24.3 Å². The highest BCUT2D eigenvalue weighted by atomic mass is 19.3. The van der Waals surface area contributed by atoms with Crippen LogP contribution in [0.2, 0.25) is 0 Å². The minimum Gasteiger partial charge on any atom is -0.493 e. The molecule has 0 fully saturated rings. The summed E-state index contributed by atoms with van der Waals surface area (Å²) in [5, 5.41) is 2.27. The maximum atomic E-state index is 12.6. The first-order valence-electron chi connectivity index (χ1n) is 7.82. The smallest absolute Gasteiger partial charge is 0.387 e. The molecule has 8 heteroatoms. The molecule has 0 saturated heterocycles. The van der Waals surface area contributed by atoms with Gasteiger partial charge in [0.05, 0.1) is 14.2 Å². The molecular weight excluding hydrogens is 360 g/mol. The van der Waals surface area contributed by atoms with Gasteiger partial charge >= 0.3 is 6.61 Å². The van der Waals surface area contributed by atoms with Crippen molar-refractivity contribution in [2.45, 2.75) is 6.61 Å². The summed E-state index contributed by atoms with van der Waals surface area (Å²) in [4.78, 5) is 24.3. The standard InChI is InChI=1S/C19H15F2NO5/c1-25-14-8-10(9-15(26-2)16(14)27-19(20)21)7-13-11-5-3-4-6-12(11)17(23)22-18(13)24/h3-9,19H,1-2H3,(H,22,23,24)/b13-7-. The summed E-state index contributed by atoms with van der Waals surface area (Å²) in [5.74, 6) is -1.27. The Kier molecular flexibility index (Phi) is 5.07. The Labute approximate surface area is 153 Å². The van der Waals surface area contributed by atoms with E-state index in [4.69, 9.17) is 9.47 Å². The fraction of sp³-hybridized carbons (Fsp3) is 0.158. The van der Waals surface area contributed by atoms with Gasteiger partial charge < -0.3 is 14.2 Å². The van der Waals surface area contributed by atoms with Crippen LogP contribution in [0.25, 0.3) is 11.6 Å². The largest absolute Gasteiger partial charge is 0.493 e. The highest BCUT2D eigenvalue weighted by molar-refractivity contribution is 6.33. The molecule has 0 unspecified atom stereocenters. The number of amides is 2. The van der Waals surface area contributed by atoms with Gasteiger partial charge in [0.15, 0.2) is 11.5 Å². The number of carbonyl (C=O) groups is 2. The number of fused-ring (bicyclic) bond motifs is 1. The summed E-state index contributed by atoms with van der Waals surface area (Å²) >= 11 is 0. The van der Waals surface area contributed by atoms with Crippen LogP contribution in [0, 0.1) is 0 Å². The predicted octanol–water partition coefficient (Wildman–Crippen LogP) is 3.12. The van der Waals surface area contributed by atoms with Gasteiger partial charge in [0.25, 0.3) is 11.8 Å². The first kappa shape index (κ1) is 18.4. The molecule has 0 radical (unpaired) electrons. The highest BCUT2D eigenvalue weighted by Crippen LogP contribution is 2.40. The maximum absolute atomic E-state index is 12.6. The summed E-state index contributed by atoms with van der Waals surface area (Å²) in [6, 6.07) is 9.51. The van der Waals surface area contributed by atoms with Crippen molar-refractivity contribution in [1.29, 1.82) is 0 Å². The predicted molar refractivity (Wildman–Crippen MR) is 93.0 cm³/mol. The lowest BCUT2D eigenvalue weighted by atomic mass is 9.93. The van der Waals surface area contributed by atoms with Crippen molar-refractivity contribution in [2.75, 3.05) is 14.2 Å². The minimum absolute atomic E-state index is 0.0158. The molecule has 3 rings (SSSR count). The van der Waals surface area contributed by atoms with Crippen molar-refractivity contribution in [3.05, 3.63) is 53.1 Å². The lowest BCUT2D eigenvalue weighted by molar-refractivity contribution is -0.114. The second kappa shape index (κ2) is 7.45. The molecule has 6 nitrogen and oxygen atoms in total. The lowest BCUT2D eigenvalue weighted by Gasteiger charge is -2.19. The zero-order chi connectivity index (χ0) is 19.6. The molecule has 0 spiro atoms. The van der Waals surface area contributed by atoms with Gasteiger partial charge in [-0.2, -0.15) is 8.78 Å². The SMILES string of the molecule is COc1cc(/C=C2\C(=O)NC(=O)c3ccccc32)cc(OC)c1OC(F)F. The van der Waals surface area contributed by atoms with Crippen LogP contribution in [0.1, 0.15) is 21.5 Å². The first-order valence-corrected chi connectivity index (χ1v) is 7.82. The van der Waals surface area contributed by atoms with E-state index in [0.717, 1.165) is 0 Å². The molecular formula is C19H15F2NO5. The fourth-order valence-corrected chi connectivity index (χ4v) is 2.77. The molecule has 0 saturated carbocycles. The van der Waals surface area contributed by atoms with Crippen LogP contribution in [0.5, 0.6) is 17.2 Å². The van der Waals surface area contributed by atoms with E-state index < -0.39 is 18.4 Å². The van der Waals surface area contributed by atoms with Crippen molar-refractivity contribution in [1.82, 2.24) is 5.32 Å². The van der Waals surface area contributed by atoms with E-state index in [2.05, 4.69) is 10.1 Å². The number of imide groups is 1. The average molecular weight is 375 g/mol. The number of benzene rings is 2.